The first-order chi connectivity index (χ1) is 8.41. The van der Waals surface area contributed by atoms with E-state index in [4.69, 9.17) is 5.11 Å². The standard InChI is InChI=1S/C11H8N2O5/c1-5-2-8-6(3-9(5)13(17)18)10(14)7(4-12-8)11(15)16/h2-4H,1H3,(H,12,14)(H,15,16). The molecule has 1 aromatic carbocycles. The highest BCUT2D eigenvalue weighted by atomic mass is 16.6. The number of nitro benzene ring substituents is 1. The fourth-order valence-electron chi connectivity index (χ4n) is 1.72. The number of aromatic amines is 1. The van der Waals surface area contributed by atoms with Crippen LogP contribution in [-0.4, -0.2) is 21.0 Å². The molecule has 18 heavy (non-hydrogen) atoms. The van der Waals surface area contributed by atoms with Gasteiger partial charge in [0.25, 0.3) is 5.69 Å². The van der Waals surface area contributed by atoms with Gasteiger partial charge in [-0.1, -0.05) is 0 Å². The zero-order valence-electron chi connectivity index (χ0n) is 9.26. The largest absolute Gasteiger partial charge is 0.477 e. The number of pyridine rings is 1. The number of nitrogens with zero attached hydrogens (tertiary/aromatic N) is 1. The quantitative estimate of drug-likeness (QED) is 0.616. The lowest BCUT2D eigenvalue weighted by Gasteiger charge is -2.02. The summed E-state index contributed by atoms with van der Waals surface area (Å²) in [5, 5.41) is 19.6. The summed E-state index contributed by atoms with van der Waals surface area (Å²) in [5.74, 6) is -1.37. The number of benzene rings is 1. The molecule has 92 valence electrons. The number of rotatable bonds is 2. The van der Waals surface area contributed by atoms with Crippen LogP contribution < -0.4 is 5.43 Å². The summed E-state index contributed by atoms with van der Waals surface area (Å²) in [4.78, 5) is 35.4. The topological polar surface area (TPSA) is 113 Å². The van der Waals surface area contributed by atoms with Crippen LogP contribution in [0.3, 0.4) is 0 Å². The molecule has 0 bridgehead atoms. The first-order valence-corrected chi connectivity index (χ1v) is 4.95. The highest BCUT2D eigenvalue weighted by Crippen LogP contribution is 2.22. The normalized spacial score (nSPS) is 10.5. The van der Waals surface area contributed by atoms with Crippen LogP contribution in [-0.2, 0) is 0 Å². The van der Waals surface area contributed by atoms with Gasteiger partial charge in [-0.05, 0) is 13.0 Å². The van der Waals surface area contributed by atoms with Crippen LogP contribution in [0.1, 0.15) is 15.9 Å². The Bertz CT molecular complexity index is 732. The zero-order chi connectivity index (χ0) is 13.4. The Kier molecular flexibility index (Phi) is 2.59. The van der Waals surface area contributed by atoms with Gasteiger partial charge in [-0.15, -0.1) is 0 Å². The van der Waals surface area contributed by atoms with Crippen molar-refractivity contribution in [2.24, 2.45) is 0 Å². The molecule has 7 heteroatoms. The van der Waals surface area contributed by atoms with Crippen molar-refractivity contribution in [3.8, 4) is 0 Å². The second-order valence-corrected chi connectivity index (χ2v) is 3.78. The van der Waals surface area contributed by atoms with E-state index in [9.17, 15) is 19.7 Å². The molecular formula is C11H8N2O5. The van der Waals surface area contributed by atoms with E-state index >= 15 is 0 Å². The smallest absolute Gasteiger partial charge is 0.341 e. The predicted molar refractivity (Wildman–Crippen MR) is 62.9 cm³/mol. The maximum absolute atomic E-state index is 11.8. The maximum atomic E-state index is 11.8. The van der Waals surface area contributed by atoms with E-state index in [0.717, 1.165) is 12.3 Å². The fraction of sp³-hybridized carbons (Fsp3) is 0.0909. The number of nitrogens with one attached hydrogen (secondary N) is 1. The predicted octanol–water partition coefficient (Wildman–Crippen LogP) is 1.44. The van der Waals surface area contributed by atoms with Gasteiger partial charge in [0, 0.05) is 17.8 Å². The van der Waals surface area contributed by atoms with Gasteiger partial charge in [-0.2, -0.15) is 0 Å². The Hall–Kier alpha value is -2.70. The van der Waals surface area contributed by atoms with E-state index in [0.29, 0.717) is 11.1 Å². The fourth-order valence-corrected chi connectivity index (χ4v) is 1.72. The molecule has 0 unspecified atom stereocenters. The van der Waals surface area contributed by atoms with E-state index in [1.54, 1.807) is 6.92 Å². The third kappa shape index (κ3) is 1.71. The van der Waals surface area contributed by atoms with E-state index in [1.807, 2.05) is 0 Å². The number of aromatic carboxylic acids is 1. The number of fused-ring (bicyclic) bond motifs is 1. The molecule has 1 aromatic heterocycles. The van der Waals surface area contributed by atoms with Crippen molar-refractivity contribution in [1.82, 2.24) is 4.98 Å². The van der Waals surface area contributed by atoms with Crippen LogP contribution in [0.25, 0.3) is 10.9 Å². The van der Waals surface area contributed by atoms with E-state index in [1.165, 1.54) is 6.07 Å². The molecule has 0 radical (unpaired) electrons. The Morgan fingerprint density at radius 3 is 2.67 bits per heavy atom. The molecule has 0 aliphatic carbocycles. The summed E-state index contributed by atoms with van der Waals surface area (Å²) in [7, 11) is 0. The molecule has 0 fully saturated rings. The minimum absolute atomic E-state index is 0.00722. The van der Waals surface area contributed by atoms with Crippen molar-refractivity contribution < 1.29 is 14.8 Å². The van der Waals surface area contributed by atoms with E-state index in [-0.39, 0.29) is 11.1 Å². The summed E-state index contributed by atoms with van der Waals surface area (Å²) in [5.41, 5.74) is -0.630. The monoisotopic (exact) mass is 248 g/mol. The van der Waals surface area contributed by atoms with Crippen molar-refractivity contribution >= 4 is 22.6 Å². The number of aryl methyl sites for hydroxylation is 1. The van der Waals surface area contributed by atoms with Crippen LogP contribution >= 0.6 is 0 Å². The third-order valence-corrected chi connectivity index (χ3v) is 2.62. The summed E-state index contributed by atoms with van der Waals surface area (Å²) in [6, 6.07) is 2.54. The van der Waals surface area contributed by atoms with Gasteiger partial charge in [-0.25, -0.2) is 4.79 Å². The molecular weight excluding hydrogens is 240 g/mol. The number of carbonyl (C=O) groups is 1. The number of carboxylic acids is 1. The molecule has 2 rings (SSSR count). The van der Waals surface area contributed by atoms with Crippen molar-refractivity contribution in [2.45, 2.75) is 6.92 Å². The van der Waals surface area contributed by atoms with Crippen LogP contribution in [0, 0.1) is 17.0 Å². The molecule has 7 nitrogen and oxygen atoms in total. The SMILES string of the molecule is Cc1cc2[nH]cc(C(=O)O)c(=O)c2cc1[N+](=O)[O-]. The van der Waals surface area contributed by atoms with Gasteiger partial charge in [-0.3, -0.25) is 14.9 Å². The molecule has 2 N–H and O–H groups in total. The molecule has 0 aliphatic rings. The average molecular weight is 248 g/mol. The van der Waals surface area contributed by atoms with Crippen molar-refractivity contribution in [2.75, 3.05) is 0 Å². The van der Waals surface area contributed by atoms with Gasteiger partial charge in [0.2, 0.25) is 5.43 Å². The zero-order valence-corrected chi connectivity index (χ0v) is 9.26. The number of hydrogen-bond donors (Lipinski definition) is 2. The second-order valence-electron chi connectivity index (χ2n) is 3.78. The van der Waals surface area contributed by atoms with Crippen LogP contribution in [0.2, 0.25) is 0 Å². The summed E-state index contributed by atoms with van der Waals surface area (Å²) >= 11 is 0. The van der Waals surface area contributed by atoms with Gasteiger partial charge in [0.05, 0.1) is 15.8 Å². The van der Waals surface area contributed by atoms with Gasteiger partial charge in [0.15, 0.2) is 0 Å². The molecule has 0 spiro atoms. The molecule has 0 atom stereocenters. The van der Waals surface area contributed by atoms with Gasteiger partial charge >= 0.3 is 5.97 Å². The summed E-state index contributed by atoms with van der Waals surface area (Å²) in [6.45, 7) is 1.54. The lowest BCUT2D eigenvalue weighted by Crippen LogP contribution is -2.15. The van der Waals surface area contributed by atoms with Crippen molar-refractivity contribution in [1.29, 1.82) is 0 Å². The lowest BCUT2D eigenvalue weighted by molar-refractivity contribution is -0.385. The Labute approximate surface area is 99.8 Å². The molecule has 1 heterocycles. The van der Waals surface area contributed by atoms with Crippen LogP contribution in [0.4, 0.5) is 5.69 Å². The number of aromatic nitrogens is 1. The first kappa shape index (κ1) is 11.8. The third-order valence-electron chi connectivity index (χ3n) is 2.62. The average Bonchev–Trinajstić information content (AvgIpc) is 2.27. The molecule has 0 amide bonds. The van der Waals surface area contributed by atoms with Crippen LogP contribution in [0.5, 0.6) is 0 Å². The number of carboxylic acid groups (broad SMARTS) is 1. The Morgan fingerprint density at radius 2 is 2.11 bits per heavy atom. The number of H-pyrrole nitrogens is 1. The van der Waals surface area contributed by atoms with Crippen LogP contribution in [0.15, 0.2) is 23.1 Å². The maximum Gasteiger partial charge on any atom is 0.341 e. The Morgan fingerprint density at radius 1 is 1.44 bits per heavy atom. The highest BCUT2D eigenvalue weighted by molar-refractivity contribution is 5.93. The van der Waals surface area contributed by atoms with E-state index in [2.05, 4.69) is 4.98 Å². The molecule has 0 saturated carbocycles. The van der Waals surface area contributed by atoms with E-state index < -0.39 is 21.9 Å². The summed E-state index contributed by atoms with van der Waals surface area (Å²) in [6.07, 6.45) is 1.08. The lowest BCUT2D eigenvalue weighted by atomic mass is 10.1. The highest BCUT2D eigenvalue weighted by Gasteiger charge is 2.16. The minimum Gasteiger partial charge on any atom is -0.477 e. The number of hydrogen-bond acceptors (Lipinski definition) is 4. The van der Waals surface area contributed by atoms with Crippen molar-refractivity contribution in [3.05, 3.63) is 49.8 Å². The summed E-state index contributed by atoms with van der Waals surface area (Å²) < 4.78 is 0. The Balaban J connectivity index is 2.89. The molecule has 0 aliphatic heterocycles. The molecule has 0 saturated heterocycles. The second kappa shape index (κ2) is 3.95. The minimum atomic E-state index is -1.37. The van der Waals surface area contributed by atoms with Gasteiger partial charge in [0.1, 0.15) is 5.56 Å². The van der Waals surface area contributed by atoms with Crippen molar-refractivity contribution in [3.63, 3.8) is 0 Å². The number of nitro groups is 1. The molecule has 2 aromatic rings. The van der Waals surface area contributed by atoms with Gasteiger partial charge < -0.3 is 10.1 Å². The first-order valence-electron chi connectivity index (χ1n) is 4.95.